The molecule has 0 unspecified atom stereocenters. The van der Waals surface area contributed by atoms with Crippen molar-refractivity contribution in [3.63, 3.8) is 0 Å². The van der Waals surface area contributed by atoms with Crippen molar-refractivity contribution in [2.75, 3.05) is 0 Å². The van der Waals surface area contributed by atoms with Crippen LogP contribution >= 0.6 is 0 Å². The number of carbonyl (C=O) groups is 1. The van der Waals surface area contributed by atoms with Crippen LogP contribution in [0.3, 0.4) is 0 Å². The number of rotatable bonds is 6. The fraction of sp³-hybridized carbons (Fsp3) is 0.533. The molecule has 1 aromatic rings. The van der Waals surface area contributed by atoms with Gasteiger partial charge in [0.05, 0.1) is 4.90 Å². The number of aryl methyl sites for hydroxylation is 3. The number of hydrogen-bond acceptors (Lipinski definition) is 3. The molecule has 0 aliphatic carbocycles. The van der Waals surface area contributed by atoms with Gasteiger partial charge in [-0.05, 0) is 44.2 Å². The lowest BCUT2D eigenvalue weighted by molar-refractivity contribution is -0.139. The molecule has 118 valence electrons. The lowest BCUT2D eigenvalue weighted by Crippen LogP contribution is -2.42. The average Bonchev–Trinajstić information content (AvgIpc) is 2.24. The summed E-state index contributed by atoms with van der Waals surface area (Å²) >= 11 is 0. The minimum Gasteiger partial charge on any atom is -0.480 e. The van der Waals surface area contributed by atoms with Gasteiger partial charge in [-0.3, -0.25) is 4.79 Å². The molecule has 21 heavy (non-hydrogen) atoms. The van der Waals surface area contributed by atoms with Crippen molar-refractivity contribution in [3.8, 4) is 0 Å². The zero-order chi connectivity index (χ0) is 16.4. The van der Waals surface area contributed by atoms with E-state index >= 15 is 0 Å². The van der Waals surface area contributed by atoms with E-state index in [0.717, 1.165) is 5.56 Å². The third kappa shape index (κ3) is 4.54. The third-order valence-corrected chi connectivity index (χ3v) is 4.95. The zero-order valence-electron chi connectivity index (χ0n) is 13.1. The summed E-state index contributed by atoms with van der Waals surface area (Å²) in [5.41, 5.74) is 2.21. The number of nitrogens with one attached hydrogen (secondary N) is 1. The smallest absolute Gasteiger partial charge is 0.321 e. The molecule has 0 bridgehead atoms. The number of hydrogen-bond donors (Lipinski definition) is 2. The second-order valence-corrected chi connectivity index (χ2v) is 7.52. The van der Waals surface area contributed by atoms with Crippen LogP contribution in [0.5, 0.6) is 0 Å². The van der Waals surface area contributed by atoms with Crippen molar-refractivity contribution in [1.82, 2.24) is 4.72 Å². The molecule has 0 radical (unpaired) electrons. The van der Waals surface area contributed by atoms with Gasteiger partial charge in [0.15, 0.2) is 0 Å². The van der Waals surface area contributed by atoms with Crippen LogP contribution in [-0.4, -0.2) is 25.5 Å². The van der Waals surface area contributed by atoms with Crippen LogP contribution in [0.2, 0.25) is 0 Å². The molecule has 0 fully saturated rings. The highest BCUT2D eigenvalue weighted by atomic mass is 32.2. The molecule has 2 N–H and O–H groups in total. The predicted molar refractivity (Wildman–Crippen MR) is 81.9 cm³/mol. The Morgan fingerprint density at radius 1 is 1.19 bits per heavy atom. The summed E-state index contributed by atoms with van der Waals surface area (Å²) in [4.78, 5) is 11.4. The first-order valence-electron chi connectivity index (χ1n) is 6.87. The summed E-state index contributed by atoms with van der Waals surface area (Å²) < 4.78 is 27.3. The zero-order valence-corrected chi connectivity index (χ0v) is 13.9. The SMILES string of the molecule is Cc1cc(C)c(S(=O)(=O)N[C@H](CC(C)C)C(=O)O)c(C)c1. The molecule has 0 heterocycles. The van der Waals surface area contributed by atoms with Gasteiger partial charge in [0, 0.05) is 0 Å². The lowest BCUT2D eigenvalue weighted by atomic mass is 10.1. The number of benzene rings is 1. The fourth-order valence-electron chi connectivity index (χ4n) is 2.51. The topological polar surface area (TPSA) is 83.5 Å². The molecule has 0 aliphatic rings. The molecule has 0 saturated heterocycles. The second kappa shape index (κ2) is 6.58. The van der Waals surface area contributed by atoms with E-state index in [-0.39, 0.29) is 17.2 Å². The highest BCUT2D eigenvalue weighted by Gasteiger charge is 2.28. The highest BCUT2D eigenvalue weighted by Crippen LogP contribution is 2.22. The van der Waals surface area contributed by atoms with Gasteiger partial charge in [-0.1, -0.05) is 31.5 Å². The molecule has 1 rings (SSSR count). The quantitative estimate of drug-likeness (QED) is 0.844. The third-order valence-electron chi connectivity index (χ3n) is 3.18. The first-order chi connectivity index (χ1) is 9.54. The lowest BCUT2D eigenvalue weighted by Gasteiger charge is -2.19. The highest BCUT2D eigenvalue weighted by molar-refractivity contribution is 7.89. The van der Waals surface area contributed by atoms with Gasteiger partial charge < -0.3 is 5.11 Å². The van der Waals surface area contributed by atoms with Crippen LogP contribution in [0.15, 0.2) is 17.0 Å². The second-order valence-electron chi connectivity index (χ2n) is 5.87. The Balaban J connectivity index is 3.20. The number of carboxylic acid groups (broad SMARTS) is 1. The first-order valence-corrected chi connectivity index (χ1v) is 8.36. The molecule has 0 saturated carbocycles. The Labute approximate surface area is 126 Å². The maximum Gasteiger partial charge on any atom is 0.321 e. The van der Waals surface area contributed by atoms with Crippen molar-refractivity contribution in [3.05, 3.63) is 28.8 Å². The molecular weight excluding hydrogens is 290 g/mol. The van der Waals surface area contributed by atoms with Gasteiger partial charge >= 0.3 is 5.97 Å². The van der Waals surface area contributed by atoms with E-state index < -0.39 is 22.0 Å². The van der Waals surface area contributed by atoms with Crippen LogP contribution in [0, 0.1) is 26.7 Å². The Morgan fingerprint density at radius 3 is 2.05 bits per heavy atom. The van der Waals surface area contributed by atoms with E-state index in [1.165, 1.54) is 0 Å². The van der Waals surface area contributed by atoms with Crippen LogP contribution in [0.1, 0.15) is 37.0 Å². The Bertz CT molecular complexity index is 612. The number of aliphatic carboxylic acids is 1. The fourth-order valence-corrected chi connectivity index (χ4v) is 4.16. The minimum absolute atomic E-state index is 0.0778. The standard InChI is InChI=1S/C15H23NO4S/c1-9(2)6-13(15(17)18)16-21(19,20)14-11(4)7-10(3)8-12(14)5/h7-9,13,16H,6H2,1-5H3,(H,17,18)/t13-/m1/s1. The van der Waals surface area contributed by atoms with Gasteiger partial charge in [-0.15, -0.1) is 0 Å². The van der Waals surface area contributed by atoms with E-state index in [0.29, 0.717) is 11.1 Å². The van der Waals surface area contributed by atoms with Crippen LogP contribution in [-0.2, 0) is 14.8 Å². The summed E-state index contributed by atoms with van der Waals surface area (Å²) in [6.45, 7) is 9.03. The summed E-state index contributed by atoms with van der Waals surface area (Å²) in [5.74, 6) is -1.08. The van der Waals surface area contributed by atoms with E-state index in [1.807, 2.05) is 20.8 Å². The Kier molecular flexibility index (Phi) is 5.53. The summed E-state index contributed by atoms with van der Waals surface area (Å²) in [5, 5.41) is 9.19. The average molecular weight is 313 g/mol. The van der Waals surface area contributed by atoms with E-state index in [9.17, 15) is 18.3 Å². The Hall–Kier alpha value is -1.40. The minimum atomic E-state index is -3.86. The first kappa shape index (κ1) is 17.7. The van der Waals surface area contributed by atoms with Gasteiger partial charge in [0.25, 0.3) is 0 Å². The monoisotopic (exact) mass is 313 g/mol. The largest absolute Gasteiger partial charge is 0.480 e. The molecule has 0 spiro atoms. The molecule has 1 atom stereocenters. The van der Waals surface area contributed by atoms with Gasteiger partial charge in [-0.2, -0.15) is 4.72 Å². The van der Waals surface area contributed by atoms with Crippen molar-refractivity contribution >= 4 is 16.0 Å². The molecule has 0 amide bonds. The van der Waals surface area contributed by atoms with Gasteiger partial charge in [0.1, 0.15) is 6.04 Å². The number of sulfonamides is 1. The normalized spacial score (nSPS) is 13.4. The van der Waals surface area contributed by atoms with Crippen LogP contribution < -0.4 is 4.72 Å². The van der Waals surface area contributed by atoms with E-state index in [1.54, 1.807) is 26.0 Å². The van der Waals surface area contributed by atoms with E-state index in [4.69, 9.17) is 0 Å². The van der Waals surface area contributed by atoms with Crippen LogP contribution in [0.4, 0.5) is 0 Å². The van der Waals surface area contributed by atoms with Crippen molar-refractivity contribution in [2.45, 2.75) is 52.0 Å². The molecule has 0 aliphatic heterocycles. The summed E-state index contributed by atoms with van der Waals surface area (Å²) in [7, 11) is -3.86. The van der Waals surface area contributed by atoms with Crippen molar-refractivity contribution in [1.29, 1.82) is 0 Å². The maximum absolute atomic E-state index is 12.5. The molecule has 1 aromatic carbocycles. The Morgan fingerprint density at radius 2 is 1.67 bits per heavy atom. The summed E-state index contributed by atoms with van der Waals surface area (Å²) in [6, 6.07) is 2.44. The predicted octanol–water partition coefficient (Wildman–Crippen LogP) is 2.39. The summed E-state index contributed by atoms with van der Waals surface area (Å²) in [6.07, 6.45) is 0.249. The van der Waals surface area contributed by atoms with E-state index in [2.05, 4.69) is 4.72 Å². The molecule has 6 heteroatoms. The molecule has 0 aromatic heterocycles. The van der Waals surface area contributed by atoms with Crippen molar-refractivity contribution in [2.24, 2.45) is 5.92 Å². The maximum atomic E-state index is 12.5. The molecule has 5 nitrogen and oxygen atoms in total. The molecular formula is C15H23NO4S. The van der Waals surface area contributed by atoms with Gasteiger partial charge in [-0.25, -0.2) is 8.42 Å². The van der Waals surface area contributed by atoms with Crippen molar-refractivity contribution < 1.29 is 18.3 Å². The number of carboxylic acids is 1. The van der Waals surface area contributed by atoms with Gasteiger partial charge in [0.2, 0.25) is 10.0 Å². The van der Waals surface area contributed by atoms with Crippen LogP contribution in [0.25, 0.3) is 0 Å².